The number of nitrogens with two attached hydrogens (primary N) is 2. The van der Waals surface area contributed by atoms with Gasteiger partial charge in [-0.15, -0.1) is 10.2 Å². The number of Topliss-reactive ketones (excluding diaryl/α,β-unsaturated/α-hetero) is 3. The smallest absolute Gasteiger partial charge is 0.410 e. The number of nitrogen functional groups attached to an aromatic ring is 2. The zero-order valence-corrected chi connectivity index (χ0v) is 77.9. The first kappa shape index (κ1) is 100. The molecular formula is C93H137FN12O21. The molecule has 0 aliphatic carbocycles. The Kier molecular flexibility index (Phi) is 33.0. The van der Waals surface area contributed by atoms with Gasteiger partial charge in [-0.3, -0.25) is 28.5 Å². The van der Waals surface area contributed by atoms with Gasteiger partial charge in [-0.2, -0.15) is 0 Å². The van der Waals surface area contributed by atoms with Crippen molar-refractivity contribution in [1.29, 1.82) is 0 Å². The molecule has 3 aromatic carbocycles. The highest BCUT2D eigenvalue weighted by Gasteiger charge is 2.64. The highest BCUT2D eigenvalue weighted by molar-refractivity contribution is 6.08. The molecule has 6 aliphatic heterocycles. The highest BCUT2D eigenvalue weighted by atomic mass is 19.1. The SMILES string of the molecule is CC[C@H]1OC(=O)[C@@](C)(F)C(=O)[C@H](C)[C@@H](O[C@@H]2O[C@H](C)C[C@H](N(C)C)[C@H]2O)[C@](C)(OC)C[C@@H](C)C(=O)[C@H](C)[C@H]2N(CCCCn3cc(-c4cccc(N)c4)nn3)C(=O)O[C@]12C.CC[C@H]1OC(=O)[C@H](C)[C@@H](O)[C@H](C)[C@@H](O[C@@H]2O[C@H](C)C[C@H](N(C)C)[C@H]2OC(=O)c2ccccc2)[C@](C)(OC)C[C@@H](C)C(=O)[C@H](C)[C@H]2N(CCCCn3cc(-c4cccc(N)c4)nn3)C(=O)O[C@]12C. The zero-order chi connectivity index (χ0) is 93.4. The standard InChI is InChI=1S/C50H72N6O11.C43H65FN6O10/c1-12-39-50(8)43(56(48(61)67-50)24-17-16-23-55-28-37(52-53-55)35-21-18-22-36(51)26-35)31(4)40(57)29(2)27-49(7,62-11)44(32(5)41(58)33(6)45(59)64-39)66-47-42(38(54(9)10)25-30(3)63-47)65-46(60)34-19-14-13-15-20-34;1-12-32-43(8)35(50(40(55)60-43)19-14-13-18-49-23-30(46-47-49)28-16-15-17-29(45)21-28)26(4)33(51)24(2)22-41(6,56-11)37(27(5)36(53)42(7,44)39(54)58-32)59-38-34(52)31(48(9)10)20-25(3)57-38/h13-15,18-22,26,28-33,38-39,41-44,47,58H,12,16-17,23-25,27,51H2,1-11H3;15-17,21,23-27,31-32,34-35,37-38,52H,12-14,18-20,22,45H2,1-11H3/t29-,30-,31+,32+,33-,38+,39-,41+,42-,43-,44-,47+,49-,50-;24-,25-,26+,27+,31+,32-,34-,35-,37-,38+,41-,42+,43-/m11/s1. The van der Waals surface area contributed by atoms with Gasteiger partial charge in [0.25, 0.3) is 5.67 Å². The number of alkyl halides is 1. The number of aromatic nitrogens is 6. The van der Waals surface area contributed by atoms with Crippen molar-refractivity contribution in [2.45, 2.75) is 308 Å². The summed E-state index contributed by atoms with van der Waals surface area (Å²) >= 11 is 0. The maximum Gasteiger partial charge on any atom is 0.410 e. The lowest BCUT2D eigenvalue weighted by molar-refractivity contribution is -0.300. The van der Waals surface area contributed by atoms with E-state index in [-0.39, 0.29) is 74.6 Å². The van der Waals surface area contributed by atoms with Gasteiger partial charge in [0.05, 0.1) is 83.7 Å². The van der Waals surface area contributed by atoms with Crippen molar-refractivity contribution in [2.24, 2.45) is 41.4 Å². The molecule has 5 aromatic rings. The Morgan fingerprint density at radius 2 is 1.00 bits per heavy atom. The number of fused-ring (bicyclic) bond motifs is 2. The molecular weight excluding hydrogens is 1640 g/mol. The molecule has 6 saturated heterocycles. The number of likely N-dealkylation sites (N-methyl/N-ethyl adjacent to an activating group) is 2. The van der Waals surface area contributed by atoms with E-state index >= 15 is 4.39 Å². The van der Waals surface area contributed by atoms with Crippen molar-refractivity contribution in [1.82, 2.24) is 49.6 Å². The number of aryl methyl sites for hydroxylation is 2. The number of benzene rings is 3. The molecule has 0 unspecified atom stereocenters. The molecule has 6 N–H and O–H groups in total. The largest absolute Gasteiger partial charge is 0.458 e. The van der Waals surface area contributed by atoms with E-state index in [1.807, 2.05) is 127 Å². The van der Waals surface area contributed by atoms with Crippen LogP contribution in [0, 0.1) is 41.4 Å². The molecule has 34 heteroatoms. The quantitative estimate of drug-likeness (QED) is 0.0147. The van der Waals surface area contributed by atoms with Crippen molar-refractivity contribution < 1.29 is 105 Å². The van der Waals surface area contributed by atoms with Crippen LogP contribution in [-0.2, 0) is 89.2 Å². The number of rotatable bonds is 24. The minimum Gasteiger partial charge on any atom is -0.458 e. The number of halogens is 1. The van der Waals surface area contributed by atoms with E-state index in [1.165, 1.54) is 26.0 Å². The number of ether oxygens (including phenoxy) is 11. The number of methoxy groups -OCH3 is 2. The number of anilines is 2. The molecule has 33 nitrogen and oxygen atoms in total. The predicted molar refractivity (Wildman–Crippen MR) is 468 cm³/mol. The first-order valence-electron chi connectivity index (χ1n) is 44.7. The second kappa shape index (κ2) is 41.9. The van der Waals surface area contributed by atoms with Crippen LogP contribution in [0.2, 0.25) is 0 Å². The predicted octanol–water partition coefficient (Wildman–Crippen LogP) is 10.8. The van der Waals surface area contributed by atoms with Crippen LogP contribution in [0.3, 0.4) is 0 Å². The van der Waals surface area contributed by atoms with E-state index < -0.39 is 173 Å². The van der Waals surface area contributed by atoms with Gasteiger partial charge in [0.1, 0.15) is 41.3 Å². The van der Waals surface area contributed by atoms with Gasteiger partial charge in [0.15, 0.2) is 35.7 Å². The number of cyclic esters (lactones) is 2. The third-order valence-electron chi connectivity index (χ3n) is 27.3. The van der Waals surface area contributed by atoms with Crippen LogP contribution < -0.4 is 11.5 Å². The van der Waals surface area contributed by atoms with Crippen LogP contribution in [0.25, 0.3) is 22.5 Å². The monoisotopic (exact) mass is 1780 g/mol. The molecule has 6 aliphatic rings. The minimum atomic E-state index is -3.19. The fraction of sp³-hybridized carbons (Fsp3) is 0.677. The van der Waals surface area contributed by atoms with Crippen molar-refractivity contribution in [2.75, 3.05) is 67.0 Å². The van der Waals surface area contributed by atoms with Crippen molar-refractivity contribution >= 4 is 58.8 Å². The Morgan fingerprint density at radius 3 is 1.46 bits per heavy atom. The summed E-state index contributed by atoms with van der Waals surface area (Å²) in [5.74, 6) is -10.7. The van der Waals surface area contributed by atoms with Crippen LogP contribution in [0.15, 0.2) is 91.3 Å². The number of carbonyl (C=O) groups excluding carboxylic acids is 8. The van der Waals surface area contributed by atoms with Gasteiger partial charge in [-0.05, 0) is 184 Å². The summed E-state index contributed by atoms with van der Waals surface area (Å²) in [6, 6.07) is 21.0. The normalized spacial score (nSPS) is 35.6. The summed E-state index contributed by atoms with van der Waals surface area (Å²) in [6.45, 7) is 28.2. The Bertz CT molecular complexity index is 4600. The van der Waals surface area contributed by atoms with Gasteiger partial charge in [0, 0.05) is 104 Å². The summed E-state index contributed by atoms with van der Waals surface area (Å²) in [4.78, 5) is 121. The van der Waals surface area contributed by atoms with E-state index in [0.717, 1.165) is 18.1 Å². The van der Waals surface area contributed by atoms with Crippen LogP contribution >= 0.6 is 0 Å². The van der Waals surface area contributed by atoms with Crippen molar-refractivity contribution in [3.63, 3.8) is 0 Å². The second-order valence-corrected chi connectivity index (χ2v) is 37.3. The van der Waals surface area contributed by atoms with Gasteiger partial charge in [-0.25, -0.2) is 23.6 Å². The fourth-order valence-electron chi connectivity index (χ4n) is 20.0. The minimum absolute atomic E-state index is 0.0111. The van der Waals surface area contributed by atoms with Crippen LogP contribution in [0.1, 0.15) is 185 Å². The van der Waals surface area contributed by atoms with E-state index in [1.54, 1.807) is 113 Å². The van der Waals surface area contributed by atoms with Crippen molar-refractivity contribution in [3.8, 4) is 22.5 Å². The van der Waals surface area contributed by atoms with Crippen LogP contribution in [0.4, 0.5) is 25.4 Å². The molecule has 0 radical (unpaired) electrons. The fourth-order valence-corrected chi connectivity index (χ4v) is 20.0. The highest BCUT2D eigenvalue weighted by Crippen LogP contribution is 2.48. The Labute approximate surface area is 745 Å². The number of carbonyl (C=O) groups is 8. The Morgan fingerprint density at radius 1 is 0.559 bits per heavy atom. The summed E-state index contributed by atoms with van der Waals surface area (Å²) in [7, 11) is 10.4. The molecule has 27 atom stereocenters. The molecule has 2 amide bonds. The Hall–Kier alpha value is -8.97. The molecule has 0 bridgehead atoms. The molecule has 6 fully saturated rings. The van der Waals surface area contributed by atoms with Crippen LogP contribution in [0.5, 0.6) is 0 Å². The molecule has 2 aromatic heterocycles. The number of hydrogen-bond donors (Lipinski definition) is 4. The number of aliphatic hydroxyl groups excluding tert-OH is 2. The summed E-state index contributed by atoms with van der Waals surface area (Å²) in [5, 5.41) is 40.7. The number of aliphatic hydroxyl groups is 2. The lowest BCUT2D eigenvalue weighted by Gasteiger charge is -2.48. The molecule has 702 valence electrons. The number of unbranched alkanes of at least 4 members (excludes halogenated alkanes) is 2. The topological polar surface area (TPSA) is 405 Å². The number of hydrogen-bond acceptors (Lipinski definition) is 29. The first-order chi connectivity index (χ1) is 59.8. The summed E-state index contributed by atoms with van der Waals surface area (Å²) in [5.41, 5.74) is 7.59. The van der Waals surface area contributed by atoms with E-state index in [4.69, 9.17) is 63.6 Å². The number of amides is 2. The maximum absolute atomic E-state index is 16.9. The average Bonchev–Trinajstić information content (AvgIpc) is 1.61. The van der Waals surface area contributed by atoms with Gasteiger partial charge in [-0.1, -0.05) is 108 Å². The molecule has 8 heterocycles. The summed E-state index contributed by atoms with van der Waals surface area (Å²) in [6.07, 6.45) is -4.97. The van der Waals surface area contributed by atoms with E-state index in [0.29, 0.717) is 79.9 Å². The third kappa shape index (κ3) is 22.0. The van der Waals surface area contributed by atoms with Crippen LogP contribution in [-0.4, -0.2) is 283 Å². The number of ketones is 3. The van der Waals surface area contributed by atoms with E-state index in [9.17, 15) is 48.6 Å². The lowest BCUT2D eigenvalue weighted by Crippen LogP contribution is -2.61. The first-order valence-corrected chi connectivity index (χ1v) is 44.7. The Balaban J connectivity index is 0.000000266. The molecule has 0 spiro atoms. The third-order valence-corrected chi connectivity index (χ3v) is 27.3. The van der Waals surface area contributed by atoms with Gasteiger partial charge >= 0.3 is 30.1 Å². The molecule has 11 rings (SSSR count). The number of nitrogens with zero attached hydrogens (tertiary/aromatic N) is 10. The number of esters is 3. The zero-order valence-electron chi connectivity index (χ0n) is 77.9. The van der Waals surface area contributed by atoms with E-state index in [2.05, 4.69) is 20.6 Å². The lowest BCUT2D eigenvalue weighted by atomic mass is 9.73. The van der Waals surface area contributed by atoms with Gasteiger partial charge < -0.3 is 93.4 Å². The molecule has 127 heavy (non-hydrogen) atoms. The summed E-state index contributed by atoms with van der Waals surface area (Å²) < 4.78 is 89.4. The average molecular weight is 1780 g/mol. The van der Waals surface area contributed by atoms with Gasteiger partial charge in [0.2, 0.25) is 0 Å². The van der Waals surface area contributed by atoms with Crippen molar-refractivity contribution in [3.05, 3.63) is 96.8 Å². The second-order valence-electron chi connectivity index (χ2n) is 37.3. The molecule has 0 saturated carbocycles. The maximum atomic E-state index is 16.9.